The number of benzene rings is 1. The van der Waals surface area contributed by atoms with Crippen molar-refractivity contribution in [2.24, 2.45) is 4.99 Å². The quantitative estimate of drug-likeness (QED) is 0.333. The van der Waals surface area contributed by atoms with Crippen LogP contribution in [0, 0.1) is 0 Å². The molecule has 0 bridgehead atoms. The Balaban J connectivity index is 0.00000300. The lowest BCUT2D eigenvalue weighted by Gasteiger charge is -2.41. The molecule has 160 valence electrons. The van der Waals surface area contributed by atoms with Crippen molar-refractivity contribution < 1.29 is 4.52 Å². The number of likely N-dealkylation sites (tertiary alicyclic amines) is 1. The monoisotopic (exact) mass is 532 g/mol. The SMILES string of the molecule is CN=C(NCc1nc(-c2cccc(Cl)c2)no1)NCC(C)(C)N1CCCCC1.I. The van der Waals surface area contributed by atoms with Gasteiger partial charge < -0.3 is 15.2 Å². The van der Waals surface area contributed by atoms with E-state index in [1.54, 1.807) is 7.05 Å². The van der Waals surface area contributed by atoms with E-state index in [0.29, 0.717) is 29.2 Å². The zero-order chi connectivity index (χ0) is 20.0. The first kappa shape index (κ1) is 23.9. The number of guanidine groups is 1. The Labute approximate surface area is 194 Å². The van der Waals surface area contributed by atoms with Crippen LogP contribution in [0.4, 0.5) is 0 Å². The van der Waals surface area contributed by atoms with Crippen molar-refractivity contribution in [3.63, 3.8) is 0 Å². The zero-order valence-corrected chi connectivity index (χ0v) is 20.3. The van der Waals surface area contributed by atoms with Gasteiger partial charge in [-0.3, -0.25) is 9.89 Å². The second kappa shape index (κ2) is 11.1. The van der Waals surface area contributed by atoms with Gasteiger partial charge in [0, 0.05) is 29.7 Å². The number of halogens is 2. The predicted molar refractivity (Wildman–Crippen MR) is 128 cm³/mol. The molecule has 1 aliphatic rings. The second-order valence-corrected chi connectivity index (χ2v) is 8.10. The van der Waals surface area contributed by atoms with Gasteiger partial charge in [-0.25, -0.2) is 0 Å². The normalized spacial score (nSPS) is 15.7. The van der Waals surface area contributed by atoms with Crippen LogP contribution in [0.3, 0.4) is 0 Å². The number of hydrogen-bond donors (Lipinski definition) is 2. The van der Waals surface area contributed by atoms with Gasteiger partial charge in [-0.15, -0.1) is 24.0 Å². The molecule has 0 amide bonds. The molecule has 1 aromatic carbocycles. The highest BCUT2D eigenvalue weighted by molar-refractivity contribution is 14.0. The van der Waals surface area contributed by atoms with Gasteiger partial charge in [0.25, 0.3) is 0 Å². The molecule has 2 N–H and O–H groups in total. The third kappa shape index (κ3) is 6.82. The van der Waals surface area contributed by atoms with Crippen molar-refractivity contribution in [3.05, 3.63) is 35.2 Å². The maximum atomic E-state index is 6.02. The van der Waals surface area contributed by atoms with Crippen molar-refractivity contribution in [2.75, 3.05) is 26.7 Å². The minimum atomic E-state index is 0. The van der Waals surface area contributed by atoms with Crippen molar-refractivity contribution in [3.8, 4) is 11.4 Å². The maximum Gasteiger partial charge on any atom is 0.246 e. The molecular formula is C20H30ClIN6O. The first-order valence-electron chi connectivity index (χ1n) is 9.76. The lowest BCUT2D eigenvalue weighted by Crippen LogP contribution is -2.54. The summed E-state index contributed by atoms with van der Waals surface area (Å²) in [4.78, 5) is 11.3. The van der Waals surface area contributed by atoms with Gasteiger partial charge in [0.2, 0.25) is 11.7 Å². The predicted octanol–water partition coefficient (Wildman–Crippen LogP) is 3.94. The molecule has 1 aliphatic heterocycles. The summed E-state index contributed by atoms with van der Waals surface area (Å²) in [7, 11) is 1.76. The van der Waals surface area contributed by atoms with Crippen LogP contribution >= 0.6 is 35.6 Å². The average Bonchev–Trinajstić information content (AvgIpc) is 3.18. The summed E-state index contributed by atoms with van der Waals surface area (Å²) in [6.45, 7) is 8.08. The molecule has 2 heterocycles. The topological polar surface area (TPSA) is 78.6 Å². The number of nitrogens with one attached hydrogen (secondary N) is 2. The molecule has 0 aliphatic carbocycles. The van der Waals surface area contributed by atoms with Gasteiger partial charge in [0.05, 0.1) is 6.54 Å². The van der Waals surface area contributed by atoms with E-state index >= 15 is 0 Å². The lowest BCUT2D eigenvalue weighted by molar-refractivity contribution is 0.0982. The van der Waals surface area contributed by atoms with E-state index in [-0.39, 0.29) is 29.5 Å². The van der Waals surface area contributed by atoms with Gasteiger partial charge >= 0.3 is 0 Å². The summed E-state index contributed by atoms with van der Waals surface area (Å²) in [5.74, 6) is 1.73. The van der Waals surface area contributed by atoms with Gasteiger partial charge in [0.15, 0.2) is 5.96 Å². The van der Waals surface area contributed by atoms with Gasteiger partial charge in [-0.05, 0) is 51.9 Å². The Hall–Kier alpha value is -1.39. The Kier molecular flexibility index (Phi) is 9.16. The summed E-state index contributed by atoms with van der Waals surface area (Å²) in [6.07, 6.45) is 3.90. The molecule has 0 unspecified atom stereocenters. The molecule has 9 heteroatoms. The summed E-state index contributed by atoms with van der Waals surface area (Å²) >= 11 is 6.02. The summed E-state index contributed by atoms with van der Waals surface area (Å²) in [5, 5.41) is 11.3. The Bertz CT molecular complexity index is 804. The smallest absolute Gasteiger partial charge is 0.246 e. The number of rotatable bonds is 6. The van der Waals surface area contributed by atoms with Crippen molar-refractivity contribution in [1.82, 2.24) is 25.7 Å². The van der Waals surface area contributed by atoms with Gasteiger partial charge in [-0.2, -0.15) is 4.98 Å². The van der Waals surface area contributed by atoms with Crippen LogP contribution in [0.2, 0.25) is 5.02 Å². The number of aliphatic imine (C=N–C) groups is 1. The molecule has 1 fully saturated rings. The highest BCUT2D eigenvalue weighted by atomic mass is 127. The molecule has 0 radical (unpaired) electrons. The molecule has 29 heavy (non-hydrogen) atoms. The third-order valence-corrected chi connectivity index (χ3v) is 5.32. The minimum Gasteiger partial charge on any atom is -0.355 e. The second-order valence-electron chi connectivity index (χ2n) is 7.66. The van der Waals surface area contributed by atoms with Crippen LogP contribution < -0.4 is 10.6 Å². The van der Waals surface area contributed by atoms with Gasteiger partial charge in [-0.1, -0.05) is 35.3 Å². The van der Waals surface area contributed by atoms with E-state index in [2.05, 4.69) is 44.5 Å². The fourth-order valence-corrected chi connectivity index (χ4v) is 3.55. The summed E-state index contributed by atoms with van der Waals surface area (Å²) in [6, 6.07) is 7.39. The van der Waals surface area contributed by atoms with Crippen LogP contribution in [-0.4, -0.2) is 53.2 Å². The van der Waals surface area contributed by atoms with Crippen molar-refractivity contribution >= 4 is 41.5 Å². The fraction of sp³-hybridized carbons (Fsp3) is 0.550. The maximum absolute atomic E-state index is 6.02. The van der Waals surface area contributed by atoms with Crippen molar-refractivity contribution in [1.29, 1.82) is 0 Å². The molecule has 1 saturated heterocycles. The Morgan fingerprint density at radius 1 is 1.24 bits per heavy atom. The van der Waals surface area contributed by atoms with Crippen LogP contribution in [0.15, 0.2) is 33.8 Å². The largest absolute Gasteiger partial charge is 0.355 e. The van der Waals surface area contributed by atoms with Crippen LogP contribution in [0.5, 0.6) is 0 Å². The molecular weight excluding hydrogens is 503 g/mol. The molecule has 0 spiro atoms. The molecule has 1 aromatic heterocycles. The van der Waals surface area contributed by atoms with E-state index in [9.17, 15) is 0 Å². The van der Waals surface area contributed by atoms with E-state index in [0.717, 1.165) is 25.2 Å². The van der Waals surface area contributed by atoms with Crippen molar-refractivity contribution in [2.45, 2.75) is 45.2 Å². The number of hydrogen-bond acceptors (Lipinski definition) is 5. The number of aromatic nitrogens is 2. The Morgan fingerprint density at radius 3 is 2.69 bits per heavy atom. The van der Waals surface area contributed by atoms with E-state index in [4.69, 9.17) is 16.1 Å². The molecule has 0 saturated carbocycles. The number of piperidine rings is 1. The molecule has 3 rings (SSSR count). The van der Waals surface area contributed by atoms with Gasteiger partial charge in [0.1, 0.15) is 0 Å². The first-order chi connectivity index (χ1) is 13.5. The third-order valence-electron chi connectivity index (χ3n) is 5.08. The van der Waals surface area contributed by atoms with Crippen LogP contribution in [0.1, 0.15) is 39.0 Å². The first-order valence-corrected chi connectivity index (χ1v) is 10.1. The standard InChI is InChI=1S/C20H29ClN6O.HI/c1-20(2,27-10-5-4-6-11-27)14-24-19(22-3)23-13-17-25-18(26-28-17)15-8-7-9-16(21)12-15;/h7-9,12H,4-6,10-11,13-14H2,1-3H3,(H2,22,23,24);1H. The summed E-state index contributed by atoms with van der Waals surface area (Å²) in [5.41, 5.74) is 0.899. The number of nitrogens with zero attached hydrogens (tertiary/aromatic N) is 4. The highest BCUT2D eigenvalue weighted by Gasteiger charge is 2.27. The molecule has 0 atom stereocenters. The highest BCUT2D eigenvalue weighted by Crippen LogP contribution is 2.20. The average molecular weight is 533 g/mol. The minimum absolute atomic E-state index is 0. The Morgan fingerprint density at radius 2 is 2.00 bits per heavy atom. The zero-order valence-electron chi connectivity index (χ0n) is 17.2. The van der Waals surface area contributed by atoms with Crippen LogP contribution in [0.25, 0.3) is 11.4 Å². The molecule has 2 aromatic rings. The van der Waals surface area contributed by atoms with E-state index in [1.165, 1.54) is 19.3 Å². The van der Waals surface area contributed by atoms with Crippen LogP contribution in [-0.2, 0) is 6.54 Å². The summed E-state index contributed by atoms with van der Waals surface area (Å²) < 4.78 is 5.34. The fourth-order valence-electron chi connectivity index (χ4n) is 3.36. The van der Waals surface area contributed by atoms with E-state index < -0.39 is 0 Å². The lowest BCUT2D eigenvalue weighted by atomic mass is 9.98. The molecule has 7 nitrogen and oxygen atoms in total. The van der Waals surface area contributed by atoms with E-state index in [1.807, 2.05) is 24.3 Å².